The van der Waals surface area contributed by atoms with Gasteiger partial charge in [0.25, 0.3) is 0 Å². The van der Waals surface area contributed by atoms with Crippen LogP contribution < -0.4 is 10.1 Å². The molecule has 0 bridgehead atoms. The van der Waals surface area contributed by atoms with Gasteiger partial charge in [-0.3, -0.25) is 4.68 Å². The minimum atomic E-state index is 0.221. The normalized spacial score (nSPS) is 12.4. The number of nitrogens with zero attached hydrogens (tertiary/aromatic N) is 2. The smallest absolute Gasteiger partial charge is 0.122 e. The molecule has 1 atom stereocenters. The summed E-state index contributed by atoms with van der Waals surface area (Å²) < 4.78 is 7.46. The van der Waals surface area contributed by atoms with E-state index in [1.807, 2.05) is 24.8 Å². The largest absolute Gasteiger partial charge is 0.496 e. The minimum Gasteiger partial charge on any atom is -0.496 e. The maximum Gasteiger partial charge on any atom is 0.122 e. The van der Waals surface area contributed by atoms with Crippen LogP contribution in [0.4, 0.5) is 0 Å². The van der Waals surface area contributed by atoms with E-state index in [-0.39, 0.29) is 6.04 Å². The highest BCUT2D eigenvalue weighted by Gasteiger charge is 2.17. The van der Waals surface area contributed by atoms with E-state index in [9.17, 15) is 0 Å². The Labute approximate surface area is 127 Å². The number of likely N-dealkylation sites (N-methyl/N-ethyl adjacent to an activating group) is 1. The monoisotopic (exact) mass is 287 g/mol. The molecule has 1 aromatic carbocycles. The Bertz CT molecular complexity index is 604. The van der Waals surface area contributed by atoms with Crippen LogP contribution in [-0.2, 0) is 19.9 Å². The van der Waals surface area contributed by atoms with E-state index in [0.29, 0.717) is 0 Å². The lowest BCUT2D eigenvalue weighted by Gasteiger charge is -2.18. The Morgan fingerprint density at radius 1 is 1.33 bits per heavy atom. The first-order chi connectivity index (χ1) is 10.1. The maximum absolute atomic E-state index is 5.49. The first-order valence-corrected chi connectivity index (χ1v) is 7.42. The van der Waals surface area contributed by atoms with E-state index in [0.717, 1.165) is 24.3 Å². The lowest BCUT2D eigenvalue weighted by molar-refractivity contribution is 0.405. The Balaban J connectivity index is 2.30. The second-order valence-electron chi connectivity index (χ2n) is 5.40. The summed E-state index contributed by atoms with van der Waals surface area (Å²) in [5.74, 6) is 0.943. The Kier molecular flexibility index (Phi) is 5.02. The highest BCUT2D eigenvalue weighted by Crippen LogP contribution is 2.26. The topological polar surface area (TPSA) is 39.1 Å². The van der Waals surface area contributed by atoms with Gasteiger partial charge in [0.15, 0.2) is 0 Å². The summed E-state index contributed by atoms with van der Waals surface area (Å²) in [5.41, 5.74) is 4.80. The first kappa shape index (κ1) is 15.6. The zero-order valence-electron chi connectivity index (χ0n) is 13.6. The number of aromatic nitrogens is 2. The lowest BCUT2D eigenvalue weighted by atomic mass is 10.00. The molecule has 2 aromatic rings. The van der Waals surface area contributed by atoms with Crippen molar-refractivity contribution in [2.24, 2.45) is 7.05 Å². The second-order valence-corrected chi connectivity index (χ2v) is 5.40. The number of hydrogen-bond acceptors (Lipinski definition) is 3. The molecule has 0 saturated heterocycles. The van der Waals surface area contributed by atoms with E-state index >= 15 is 0 Å². The van der Waals surface area contributed by atoms with Crippen LogP contribution in [0, 0.1) is 6.92 Å². The molecule has 1 heterocycles. The fourth-order valence-electron chi connectivity index (χ4n) is 2.68. The number of rotatable bonds is 6. The van der Waals surface area contributed by atoms with E-state index in [1.165, 1.54) is 16.8 Å². The molecule has 0 aliphatic heterocycles. The molecule has 0 spiro atoms. The zero-order valence-corrected chi connectivity index (χ0v) is 13.6. The maximum atomic E-state index is 5.49. The van der Waals surface area contributed by atoms with Gasteiger partial charge >= 0.3 is 0 Å². The number of ether oxygens (including phenoxy) is 1. The van der Waals surface area contributed by atoms with Gasteiger partial charge in [-0.25, -0.2) is 0 Å². The standard InChI is InChI=1S/C17H25N3O/c1-6-14-11-16(20(4)19-14)15(18-3)10-13-9-12(2)7-8-17(13)21-5/h7-9,11,15,18H,6,10H2,1-5H3. The van der Waals surface area contributed by atoms with Crippen molar-refractivity contribution >= 4 is 0 Å². The third-order valence-electron chi connectivity index (χ3n) is 3.89. The van der Waals surface area contributed by atoms with Gasteiger partial charge in [0, 0.05) is 7.05 Å². The molecule has 1 aromatic heterocycles. The van der Waals surface area contributed by atoms with Crippen LogP contribution in [0.1, 0.15) is 35.5 Å². The highest BCUT2D eigenvalue weighted by molar-refractivity contribution is 5.38. The number of nitrogens with one attached hydrogen (secondary N) is 1. The predicted octanol–water partition coefficient (Wildman–Crippen LogP) is 2.80. The van der Waals surface area contributed by atoms with Crippen molar-refractivity contribution in [3.8, 4) is 5.75 Å². The van der Waals surface area contributed by atoms with Crippen molar-refractivity contribution in [3.63, 3.8) is 0 Å². The molecule has 0 saturated carbocycles. The van der Waals surface area contributed by atoms with E-state index in [2.05, 4.69) is 42.5 Å². The van der Waals surface area contributed by atoms with Gasteiger partial charge in [-0.15, -0.1) is 0 Å². The zero-order chi connectivity index (χ0) is 15.4. The summed E-state index contributed by atoms with van der Waals surface area (Å²) in [7, 11) is 5.72. The average Bonchev–Trinajstić information content (AvgIpc) is 2.86. The van der Waals surface area contributed by atoms with Gasteiger partial charge in [-0.2, -0.15) is 5.10 Å². The van der Waals surface area contributed by atoms with Crippen LogP contribution in [0.25, 0.3) is 0 Å². The summed E-state index contributed by atoms with van der Waals surface area (Å²) in [6, 6.07) is 8.72. The van der Waals surface area contributed by atoms with Crippen LogP contribution in [0.15, 0.2) is 24.3 Å². The molecule has 0 aliphatic carbocycles. The van der Waals surface area contributed by atoms with Crippen LogP contribution >= 0.6 is 0 Å². The van der Waals surface area contributed by atoms with Crippen LogP contribution in [0.3, 0.4) is 0 Å². The van der Waals surface area contributed by atoms with Gasteiger partial charge in [0.05, 0.1) is 24.5 Å². The summed E-state index contributed by atoms with van der Waals surface area (Å²) in [4.78, 5) is 0. The second kappa shape index (κ2) is 6.76. The van der Waals surface area contributed by atoms with Gasteiger partial charge < -0.3 is 10.1 Å². The van der Waals surface area contributed by atoms with E-state index < -0.39 is 0 Å². The van der Waals surface area contributed by atoms with Gasteiger partial charge in [-0.1, -0.05) is 24.6 Å². The minimum absolute atomic E-state index is 0.221. The van der Waals surface area contributed by atoms with Crippen molar-refractivity contribution in [3.05, 3.63) is 46.8 Å². The van der Waals surface area contributed by atoms with Gasteiger partial charge in [0.2, 0.25) is 0 Å². The molecule has 1 N–H and O–H groups in total. The number of methoxy groups -OCH3 is 1. The molecule has 0 radical (unpaired) electrons. The Morgan fingerprint density at radius 2 is 2.10 bits per heavy atom. The molecule has 114 valence electrons. The molecule has 1 unspecified atom stereocenters. The van der Waals surface area contributed by atoms with Crippen LogP contribution in [0.5, 0.6) is 5.75 Å². The SMILES string of the molecule is CCc1cc(C(Cc2cc(C)ccc2OC)NC)n(C)n1. The average molecular weight is 287 g/mol. The third-order valence-corrected chi connectivity index (χ3v) is 3.89. The summed E-state index contributed by atoms with van der Waals surface area (Å²) in [6.45, 7) is 4.24. The molecular weight excluding hydrogens is 262 g/mol. The van der Waals surface area contributed by atoms with Crippen molar-refractivity contribution in [1.82, 2.24) is 15.1 Å². The van der Waals surface area contributed by atoms with Gasteiger partial charge in [-0.05, 0) is 44.5 Å². The Hall–Kier alpha value is -1.81. The van der Waals surface area contributed by atoms with Crippen LogP contribution in [-0.4, -0.2) is 23.9 Å². The molecule has 0 amide bonds. The molecule has 0 aliphatic rings. The quantitative estimate of drug-likeness (QED) is 0.888. The molecule has 2 rings (SSSR count). The highest BCUT2D eigenvalue weighted by atomic mass is 16.5. The molecular formula is C17H25N3O. The fourth-order valence-corrected chi connectivity index (χ4v) is 2.68. The lowest BCUT2D eigenvalue weighted by Crippen LogP contribution is -2.22. The van der Waals surface area contributed by atoms with E-state index in [1.54, 1.807) is 7.11 Å². The van der Waals surface area contributed by atoms with Crippen LogP contribution in [0.2, 0.25) is 0 Å². The predicted molar refractivity (Wildman–Crippen MR) is 85.8 cm³/mol. The van der Waals surface area contributed by atoms with Crippen molar-refractivity contribution < 1.29 is 4.74 Å². The van der Waals surface area contributed by atoms with Crippen molar-refractivity contribution in [2.75, 3.05) is 14.2 Å². The number of hydrogen-bond donors (Lipinski definition) is 1. The summed E-state index contributed by atoms with van der Waals surface area (Å²) >= 11 is 0. The van der Waals surface area contributed by atoms with Crippen molar-refractivity contribution in [1.29, 1.82) is 0 Å². The van der Waals surface area contributed by atoms with E-state index in [4.69, 9.17) is 4.74 Å². The van der Waals surface area contributed by atoms with Crippen molar-refractivity contribution in [2.45, 2.75) is 32.7 Å². The molecule has 4 nitrogen and oxygen atoms in total. The first-order valence-electron chi connectivity index (χ1n) is 7.42. The molecule has 4 heteroatoms. The third kappa shape index (κ3) is 3.45. The summed E-state index contributed by atoms with van der Waals surface area (Å²) in [5, 5.41) is 7.94. The fraction of sp³-hybridized carbons (Fsp3) is 0.471. The number of benzene rings is 1. The molecule has 21 heavy (non-hydrogen) atoms. The molecule has 0 fully saturated rings. The number of aryl methyl sites for hydroxylation is 3. The van der Waals surface area contributed by atoms with Gasteiger partial charge in [0.1, 0.15) is 5.75 Å². The summed E-state index contributed by atoms with van der Waals surface area (Å²) in [6.07, 6.45) is 1.84. The Morgan fingerprint density at radius 3 is 2.67 bits per heavy atom.